The van der Waals surface area contributed by atoms with E-state index in [1.54, 1.807) is 40.9 Å². The van der Waals surface area contributed by atoms with Crippen LogP contribution in [0.5, 0.6) is 0 Å². The van der Waals surface area contributed by atoms with Crippen molar-refractivity contribution in [2.24, 2.45) is 11.8 Å². The third-order valence-corrected chi connectivity index (χ3v) is 14.5. The zero-order valence-electron chi connectivity index (χ0n) is 38.4. The summed E-state index contributed by atoms with van der Waals surface area (Å²) in [7, 11) is 0. The first-order valence-corrected chi connectivity index (χ1v) is 24.6. The van der Waals surface area contributed by atoms with E-state index in [0.717, 1.165) is 38.3 Å². The second-order valence-electron chi connectivity index (χ2n) is 17.8. The number of benzene rings is 7. The van der Waals surface area contributed by atoms with Crippen LogP contribution in [0.2, 0.25) is 0 Å². The van der Waals surface area contributed by atoms with Gasteiger partial charge in [0.15, 0.2) is 0 Å². The first kappa shape index (κ1) is 48.1. The second kappa shape index (κ2) is 23.6. The van der Waals surface area contributed by atoms with Crippen LogP contribution in [0, 0.1) is 23.5 Å². The minimum absolute atomic E-state index is 0.0489. The molecule has 7 aromatic carbocycles. The molecular weight excluding hydrogens is 889 g/mol. The lowest BCUT2D eigenvalue weighted by atomic mass is 9.78. The number of thioether (sulfide) groups is 1. The molecule has 1 N–H and O–H groups in total. The normalized spacial score (nSPS) is 21.7. The van der Waals surface area contributed by atoms with Crippen LogP contribution in [0.15, 0.2) is 199 Å². The number of rotatable bonds is 21. The van der Waals surface area contributed by atoms with Crippen molar-refractivity contribution in [3.05, 3.63) is 239 Å². The quantitative estimate of drug-likeness (QED) is 0.0719. The zero-order chi connectivity index (χ0) is 47.4. The molecule has 2 aliphatic rings. The lowest BCUT2D eigenvalue weighted by Gasteiger charge is -2.48. The predicted molar refractivity (Wildman–Crippen MR) is 266 cm³/mol. The molecule has 10 heteroatoms. The molecule has 0 aromatic heterocycles. The van der Waals surface area contributed by atoms with Crippen LogP contribution in [0.25, 0.3) is 0 Å². The molecule has 1 aliphatic carbocycles. The Balaban J connectivity index is 0.978. The number of aliphatic hydroxyl groups excluding tert-OH is 1. The number of nitrogens with zero attached hydrogens (tertiary/aromatic N) is 1. The van der Waals surface area contributed by atoms with Crippen molar-refractivity contribution < 1.29 is 37.6 Å². The summed E-state index contributed by atoms with van der Waals surface area (Å²) >= 11 is 1.69. The SMILES string of the molecule is O=C1[C@H](CC[C@H](OCc2ccccc2)c2ccc(F)cc2)[C@@H](c2ccc(S[C@@H]3C[C@H](CO)[C@@H](OCc4ccccc4)[C@H](OCc4ccccc4)[C@H]3OCc3ccccc3)cc2)N1c1ccc(F)cc1. The van der Waals surface area contributed by atoms with Crippen LogP contribution in [0.1, 0.15) is 64.8 Å². The molecule has 0 radical (unpaired) electrons. The standard InChI is InChI=1S/C59H57F2NO6S/c60-48-25-21-45(22-26-48)53(65-37-41-13-5-1-6-14-41)34-33-52-55(62(59(52)64)50-29-27-49(61)28-30-50)46-23-31-51(32-24-46)69-54-35-47(36-63)56(66-38-42-15-7-2-8-16-42)58(68-40-44-19-11-4-12-20-44)57(54)67-39-43-17-9-3-10-18-43/h1-32,47,52-58,63H,33-40H2/t47-,52-,53+,54-,55-,56-,57+,58+/m1/s1. The number of anilines is 1. The van der Waals surface area contributed by atoms with E-state index in [9.17, 15) is 18.7 Å². The molecule has 1 aliphatic heterocycles. The number of amides is 1. The van der Waals surface area contributed by atoms with Gasteiger partial charge >= 0.3 is 0 Å². The Labute approximate surface area is 408 Å². The van der Waals surface area contributed by atoms with E-state index in [1.807, 2.05) is 109 Å². The highest BCUT2D eigenvalue weighted by Crippen LogP contribution is 2.48. The molecule has 9 rings (SSSR count). The van der Waals surface area contributed by atoms with Gasteiger partial charge in [-0.3, -0.25) is 4.79 Å². The number of carbonyl (C=O) groups excluding carboxylic acids is 1. The topological polar surface area (TPSA) is 77.5 Å². The van der Waals surface area contributed by atoms with Crippen LogP contribution >= 0.6 is 11.8 Å². The van der Waals surface area contributed by atoms with E-state index in [1.165, 1.54) is 24.3 Å². The summed E-state index contributed by atoms with van der Waals surface area (Å²) in [6.45, 7) is 1.37. The summed E-state index contributed by atoms with van der Waals surface area (Å²) in [5.74, 6) is -1.37. The van der Waals surface area contributed by atoms with E-state index in [4.69, 9.17) is 18.9 Å². The Bertz CT molecular complexity index is 2650. The van der Waals surface area contributed by atoms with Crippen molar-refractivity contribution in [2.45, 2.75) is 86.3 Å². The summed E-state index contributed by atoms with van der Waals surface area (Å²) < 4.78 is 55.3. The van der Waals surface area contributed by atoms with E-state index < -0.39 is 18.3 Å². The lowest BCUT2D eigenvalue weighted by Crippen LogP contribution is -2.56. The van der Waals surface area contributed by atoms with E-state index in [-0.39, 0.29) is 53.4 Å². The van der Waals surface area contributed by atoms with Gasteiger partial charge < -0.3 is 29.0 Å². The second-order valence-corrected chi connectivity index (χ2v) is 19.2. The van der Waals surface area contributed by atoms with E-state index in [0.29, 0.717) is 51.4 Å². The van der Waals surface area contributed by atoms with Gasteiger partial charge in [-0.2, -0.15) is 0 Å². The average molecular weight is 946 g/mol. The average Bonchev–Trinajstić information content (AvgIpc) is 3.39. The molecule has 354 valence electrons. The zero-order valence-corrected chi connectivity index (χ0v) is 39.2. The van der Waals surface area contributed by atoms with Crippen LogP contribution in [0.3, 0.4) is 0 Å². The smallest absolute Gasteiger partial charge is 0.233 e. The molecule has 1 heterocycles. The molecule has 7 nitrogen and oxygen atoms in total. The number of carbonyl (C=O) groups is 1. The Hall–Kier alpha value is -5.98. The van der Waals surface area contributed by atoms with Crippen molar-refractivity contribution >= 4 is 23.4 Å². The Kier molecular flexibility index (Phi) is 16.4. The van der Waals surface area contributed by atoms with Gasteiger partial charge in [0.2, 0.25) is 5.91 Å². The maximum Gasteiger partial charge on any atom is 0.233 e. The third-order valence-electron chi connectivity index (χ3n) is 13.2. The summed E-state index contributed by atoms with van der Waals surface area (Å²) in [5, 5.41) is 10.9. The summed E-state index contributed by atoms with van der Waals surface area (Å²) in [4.78, 5) is 17.0. The molecule has 0 spiro atoms. The van der Waals surface area contributed by atoms with Gasteiger partial charge in [-0.15, -0.1) is 11.8 Å². The molecule has 0 unspecified atom stereocenters. The molecule has 1 saturated carbocycles. The molecule has 69 heavy (non-hydrogen) atoms. The number of halogens is 2. The van der Waals surface area contributed by atoms with E-state index >= 15 is 0 Å². The Morgan fingerprint density at radius 3 is 1.57 bits per heavy atom. The van der Waals surface area contributed by atoms with E-state index in [2.05, 4.69) is 36.4 Å². The largest absolute Gasteiger partial charge is 0.396 e. The van der Waals surface area contributed by atoms with Gasteiger partial charge in [-0.05, 0) is 101 Å². The molecule has 7 aromatic rings. The van der Waals surface area contributed by atoms with Crippen molar-refractivity contribution in [1.29, 1.82) is 0 Å². The van der Waals surface area contributed by atoms with Crippen LogP contribution in [-0.2, 0) is 50.2 Å². The Morgan fingerprint density at radius 2 is 1.04 bits per heavy atom. The Morgan fingerprint density at radius 1 is 0.565 bits per heavy atom. The minimum Gasteiger partial charge on any atom is -0.396 e. The van der Waals surface area contributed by atoms with Gasteiger partial charge in [0, 0.05) is 28.4 Å². The highest BCUT2D eigenvalue weighted by atomic mass is 32.2. The third kappa shape index (κ3) is 12.3. The number of β-lactam (4-membered cyclic amide) rings is 1. The summed E-state index contributed by atoms with van der Waals surface area (Å²) in [5.41, 5.74) is 6.53. The molecular formula is C59H57F2NO6S. The van der Waals surface area contributed by atoms with Gasteiger partial charge in [0.1, 0.15) is 17.7 Å². The molecule has 2 fully saturated rings. The van der Waals surface area contributed by atoms with Crippen molar-refractivity contribution in [1.82, 2.24) is 0 Å². The van der Waals surface area contributed by atoms with Crippen molar-refractivity contribution in [3.8, 4) is 0 Å². The first-order valence-electron chi connectivity index (χ1n) is 23.7. The monoisotopic (exact) mass is 945 g/mol. The maximum absolute atomic E-state index is 14.2. The first-order chi connectivity index (χ1) is 33.9. The fraction of sp³-hybridized carbons (Fsp3) is 0.271. The fourth-order valence-corrected chi connectivity index (χ4v) is 10.9. The number of ether oxygens (including phenoxy) is 4. The molecule has 8 atom stereocenters. The molecule has 1 saturated heterocycles. The van der Waals surface area contributed by atoms with Crippen LogP contribution in [0.4, 0.5) is 14.5 Å². The highest BCUT2D eigenvalue weighted by Gasteiger charge is 2.50. The number of hydrogen-bond donors (Lipinski definition) is 1. The lowest BCUT2D eigenvalue weighted by molar-refractivity contribution is -0.189. The summed E-state index contributed by atoms with van der Waals surface area (Å²) in [6.07, 6.45) is -0.0977. The van der Waals surface area contributed by atoms with Crippen LogP contribution in [-0.4, -0.2) is 41.2 Å². The van der Waals surface area contributed by atoms with Crippen molar-refractivity contribution in [2.75, 3.05) is 11.5 Å². The highest BCUT2D eigenvalue weighted by molar-refractivity contribution is 8.00. The fourth-order valence-electron chi connectivity index (χ4n) is 9.59. The summed E-state index contributed by atoms with van der Waals surface area (Å²) in [6, 6.07) is 60.5. The molecule has 0 bridgehead atoms. The molecule has 1 amide bonds. The van der Waals surface area contributed by atoms with Gasteiger partial charge in [0.05, 0.1) is 56.7 Å². The predicted octanol–water partition coefficient (Wildman–Crippen LogP) is 12.6. The van der Waals surface area contributed by atoms with Gasteiger partial charge in [-0.1, -0.05) is 146 Å². The van der Waals surface area contributed by atoms with Crippen molar-refractivity contribution in [3.63, 3.8) is 0 Å². The van der Waals surface area contributed by atoms with Gasteiger partial charge in [-0.25, -0.2) is 8.78 Å². The minimum atomic E-state index is -0.512. The van der Waals surface area contributed by atoms with Gasteiger partial charge in [0.25, 0.3) is 0 Å². The number of hydrogen-bond acceptors (Lipinski definition) is 7. The number of aliphatic hydroxyl groups is 1. The van der Waals surface area contributed by atoms with Crippen LogP contribution < -0.4 is 4.90 Å². The maximum atomic E-state index is 14.2.